The van der Waals surface area contributed by atoms with Crippen molar-refractivity contribution in [3.63, 3.8) is 0 Å². The fraction of sp³-hybridized carbons (Fsp3) is 0.0500. The van der Waals surface area contributed by atoms with Crippen LogP contribution in [0, 0.1) is 0 Å². The highest BCUT2D eigenvalue weighted by molar-refractivity contribution is 6.36. The number of carbonyl (C=O) groups excluding carboxylic acids is 2. The van der Waals surface area contributed by atoms with Crippen molar-refractivity contribution in [1.82, 2.24) is 0 Å². The van der Waals surface area contributed by atoms with Crippen LogP contribution in [-0.2, 0) is 6.54 Å². The second kappa shape index (κ2) is 8.95. The van der Waals surface area contributed by atoms with E-state index >= 15 is 0 Å². The largest absolute Gasteiger partial charge is 0.289 e. The van der Waals surface area contributed by atoms with Gasteiger partial charge in [0.25, 0.3) is 0 Å². The third-order valence-electron chi connectivity index (χ3n) is 3.75. The summed E-state index contributed by atoms with van der Waals surface area (Å²) in [5, 5.41) is 0.812. The van der Waals surface area contributed by atoms with Crippen LogP contribution in [0.5, 0.6) is 0 Å². The standard InChI is InChI=1S/C20H14Cl2NO2.ClH/c21-16-6-7-17(18(22)12-16)19(24)13-23-10-8-15(9-11-23)20(25)14-4-2-1-3-5-14;/h1-12H,13H2;1H/q+1;. The first-order valence-electron chi connectivity index (χ1n) is 7.62. The summed E-state index contributed by atoms with van der Waals surface area (Å²) < 4.78 is 1.70. The number of benzene rings is 2. The first-order valence-corrected chi connectivity index (χ1v) is 8.37. The Balaban J connectivity index is 0.00000243. The van der Waals surface area contributed by atoms with Gasteiger partial charge in [-0.2, -0.15) is 4.57 Å². The smallest absolute Gasteiger partial charge is 0.229 e. The minimum absolute atomic E-state index is 0. The Morgan fingerprint density at radius 2 is 1.46 bits per heavy atom. The van der Waals surface area contributed by atoms with Gasteiger partial charge in [0.1, 0.15) is 0 Å². The van der Waals surface area contributed by atoms with Gasteiger partial charge < -0.3 is 0 Å². The molecule has 0 aliphatic carbocycles. The second-order valence-corrected chi connectivity index (χ2v) is 6.35. The zero-order valence-electron chi connectivity index (χ0n) is 13.6. The van der Waals surface area contributed by atoms with Crippen LogP contribution in [0.4, 0.5) is 0 Å². The lowest BCUT2D eigenvalue weighted by Crippen LogP contribution is -2.37. The summed E-state index contributed by atoms with van der Waals surface area (Å²) in [4.78, 5) is 24.7. The summed E-state index contributed by atoms with van der Waals surface area (Å²) >= 11 is 11.9. The van der Waals surface area contributed by atoms with Crippen molar-refractivity contribution in [2.45, 2.75) is 6.54 Å². The van der Waals surface area contributed by atoms with Gasteiger partial charge in [-0.15, -0.1) is 12.4 Å². The fourth-order valence-electron chi connectivity index (χ4n) is 2.44. The molecule has 1 aromatic heterocycles. The van der Waals surface area contributed by atoms with Crippen molar-refractivity contribution in [2.24, 2.45) is 0 Å². The Morgan fingerprint density at radius 3 is 2.08 bits per heavy atom. The molecule has 2 aromatic carbocycles. The number of hydrogen-bond acceptors (Lipinski definition) is 2. The predicted octanol–water partition coefficient (Wildman–Crippen LogP) is 4.82. The van der Waals surface area contributed by atoms with E-state index in [0.717, 1.165) is 0 Å². The summed E-state index contributed by atoms with van der Waals surface area (Å²) in [6.45, 7) is 0.126. The number of halogens is 3. The van der Waals surface area contributed by atoms with Crippen LogP contribution in [0.25, 0.3) is 0 Å². The Hall–Kier alpha value is -2.20. The van der Waals surface area contributed by atoms with E-state index in [0.29, 0.717) is 26.7 Å². The van der Waals surface area contributed by atoms with Crippen LogP contribution >= 0.6 is 35.6 Å². The molecule has 3 aromatic rings. The molecule has 6 heteroatoms. The van der Waals surface area contributed by atoms with Crippen LogP contribution in [0.2, 0.25) is 10.0 Å². The van der Waals surface area contributed by atoms with Gasteiger partial charge in [0.15, 0.2) is 18.2 Å². The Labute approximate surface area is 167 Å². The molecule has 0 aliphatic rings. The van der Waals surface area contributed by atoms with Crippen molar-refractivity contribution < 1.29 is 14.2 Å². The maximum Gasteiger partial charge on any atom is 0.229 e. The SMILES string of the molecule is Cl.O=C(c1ccccc1)c1cc[n+](CC(=O)c2ccc(Cl)cc2Cl)cc1. The highest BCUT2D eigenvalue weighted by Crippen LogP contribution is 2.21. The number of ketones is 2. The maximum atomic E-state index is 12.4. The molecule has 0 unspecified atom stereocenters. The van der Waals surface area contributed by atoms with Gasteiger partial charge in [-0.1, -0.05) is 53.5 Å². The summed E-state index contributed by atoms with van der Waals surface area (Å²) in [5.74, 6) is -0.186. The van der Waals surface area contributed by atoms with Crippen LogP contribution < -0.4 is 4.57 Å². The van der Waals surface area contributed by atoms with Crippen molar-refractivity contribution in [2.75, 3.05) is 0 Å². The van der Waals surface area contributed by atoms with Gasteiger partial charge in [-0.3, -0.25) is 9.59 Å². The summed E-state index contributed by atoms with van der Waals surface area (Å²) in [6, 6.07) is 17.2. The third-order valence-corrected chi connectivity index (χ3v) is 4.29. The van der Waals surface area contributed by atoms with Gasteiger partial charge >= 0.3 is 0 Å². The molecule has 0 spiro atoms. The first kappa shape index (κ1) is 20.1. The predicted molar refractivity (Wildman–Crippen MR) is 105 cm³/mol. The van der Waals surface area contributed by atoms with E-state index in [-0.39, 0.29) is 30.5 Å². The zero-order chi connectivity index (χ0) is 17.8. The van der Waals surface area contributed by atoms with Gasteiger partial charge in [-0.25, -0.2) is 0 Å². The van der Waals surface area contributed by atoms with Gasteiger partial charge in [0.05, 0.1) is 5.02 Å². The number of carbonyl (C=O) groups is 2. The zero-order valence-corrected chi connectivity index (χ0v) is 15.9. The molecule has 0 amide bonds. The topological polar surface area (TPSA) is 38.0 Å². The molecule has 0 fully saturated rings. The molecule has 3 nitrogen and oxygen atoms in total. The van der Waals surface area contributed by atoms with Crippen molar-refractivity contribution in [3.05, 3.63) is 99.8 Å². The average Bonchev–Trinajstić information content (AvgIpc) is 2.62. The quantitative estimate of drug-likeness (QED) is 0.449. The van der Waals surface area contributed by atoms with Gasteiger partial charge in [-0.05, 0) is 18.2 Å². The van der Waals surface area contributed by atoms with E-state index in [1.165, 1.54) is 0 Å². The maximum absolute atomic E-state index is 12.4. The highest BCUT2D eigenvalue weighted by atomic mass is 35.5. The van der Waals surface area contributed by atoms with Gasteiger partial charge in [0, 0.05) is 33.8 Å². The van der Waals surface area contributed by atoms with E-state index < -0.39 is 0 Å². The van der Waals surface area contributed by atoms with E-state index in [2.05, 4.69) is 0 Å². The van der Waals surface area contributed by atoms with Gasteiger partial charge in [0.2, 0.25) is 12.3 Å². The van der Waals surface area contributed by atoms with E-state index in [1.54, 1.807) is 59.4 Å². The number of nitrogens with zero attached hydrogens (tertiary/aromatic N) is 1. The summed E-state index contributed by atoms with van der Waals surface area (Å²) in [5.41, 5.74) is 1.62. The molecular formula is C20H15Cl3NO2+. The Morgan fingerprint density at radius 1 is 0.846 bits per heavy atom. The molecule has 132 valence electrons. The second-order valence-electron chi connectivity index (χ2n) is 5.50. The lowest BCUT2D eigenvalue weighted by Gasteiger charge is -2.03. The molecule has 26 heavy (non-hydrogen) atoms. The highest BCUT2D eigenvalue weighted by Gasteiger charge is 2.16. The molecule has 0 bridgehead atoms. The lowest BCUT2D eigenvalue weighted by atomic mass is 10.0. The van der Waals surface area contributed by atoms with Crippen LogP contribution in [0.3, 0.4) is 0 Å². The number of Topliss-reactive ketones (excluding diaryl/α,β-unsaturated/α-hetero) is 1. The van der Waals surface area contributed by atoms with E-state index in [1.807, 2.05) is 18.2 Å². The lowest BCUT2D eigenvalue weighted by molar-refractivity contribution is -0.683. The molecule has 3 rings (SSSR count). The van der Waals surface area contributed by atoms with E-state index in [9.17, 15) is 9.59 Å². The Kier molecular flexibility index (Phi) is 6.92. The minimum Gasteiger partial charge on any atom is -0.289 e. The average molecular weight is 408 g/mol. The molecule has 0 N–H and O–H groups in total. The normalized spacial score (nSPS) is 10.1. The number of rotatable bonds is 5. The third kappa shape index (κ3) is 4.70. The van der Waals surface area contributed by atoms with Crippen molar-refractivity contribution in [1.29, 1.82) is 0 Å². The van der Waals surface area contributed by atoms with Crippen LogP contribution in [-0.4, -0.2) is 11.6 Å². The summed E-state index contributed by atoms with van der Waals surface area (Å²) in [6.07, 6.45) is 3.41. The molecule has 0 atom stereocenters. The van der Waals surface area contributed by atoms with E-state index in [4.69, 9.17) is 23.2 Å². The van der Waals surface area contributed by atoms with Crippen molar-refractivity contribution >= 4 is 47.2 Å². The molecule has 0 aliphatic heterocycles. The molecule has 0 saturated heterocycles. The monoisotopic (exact) mass is 406 g/mol. The molecule has 0 radical (unpaired) electrons. The van der Waals surface area contributed by atoms with Crippen LogP contribution in [0.1, 0.15) is 26.3 Å². The number of aromatic nitrogens is 1. The summed E-state index contributed by atoms with van der Waals surface area (Å²) in [7, 11) is 0. The fourth-order valence-corrected chi connectivity index (χ4v) is 2.95. The molecule has 1 heterocycles. The Bertz CT molecular complexity index is 926. The first-order chi connectivity index (χ1) is 12.0. The van der Waals surface area contributed by atoms with Crippen LogP contribution in [0.15, 0.2) is 73.1 Å². The van der Waals surface area contributed by atoms with Crippen molar-refractivity contribution in [3.8, 4) is 0 Å². The minimum atomic E-state index is -0.131. The number of pyridine rings is 1. The molecule has 0 saturated carbocycles. The number of hydrogen-bond donors (Lipinski definition) is 0. The molecular weight excluding hydrogens is 393 g/mol.